The van der Waals surface area contributed by atoms with Gasteiger partial charge in [-0.05, 0) is 81.6 Å². The monoisotopic (exact) mass is 451 g/mol. The number of hydrogen-bond acceptors (Lipinski definition) is 6. The number of aromatic nitrogens is 2. The lowest BCUT2D eigenvalue weighted by Gasteiger charge is -2.36. The van der Waals surface area contributed by atoms with E-state index in [0.717, 1.165) is 36.8 Å². The summed E-state index contributed by atoms with van der Waals surface area (Å²) in [6, 6.07) is 12.7. The highest BCUT2D eigenvalue weighted by atomic mass is 19.1. The number of nitrogens with zero attached hydrogens (tertiary/aromatic N) is 3. The maximum Gasteiger partial charge on any atom is 0.250 e. The number of benzene rings is 2. The molecule has 1 saturated carbocycles. The van der Waals surface area contributed by atoms with Crippen molar-refractivity contribution in [2.24, 2.45) is 5.92 Å². The minimum absolute atomic E-state index is 0.183. The summed E-state index contributed by atoms with van der Waals surface area (Å²) in [5, 5.41) is 4.13. The van der Waals surface area contributed by atoms with E-state index in [9.17, 15) is 4.39 Å². The van der Waals surface area contributed by atoms with Crippen LogP contribution >= 0.6 is 0 Å². The largest absolute Gasteiger partial charge is 0.493 e. The van der Waals surface area contributed by atoms with Crippen LogP contribution < -0.4 is 9.47 Å². The molecule has 7 heteroatoms. The summed E-state index contributed by atoms with van der Waals surface area (Å²) in [5.74, 6) is 2.56. The molecule has 1 aromatic heterocycles. The Bertz CT molecular complexity index is 1120. The van der Waals surface area contributed by atoms with Crippen molar-refractivity contribution in [2.75, 3.05) is 28.3 Å². The van der Waals surface area contributed by atoms with E-state index >= 15 is 0 Å². The SMILES string of the molecule is COc1ccc(-c2noc(C=C3CCC(C(c4cccc(F)c4)N(C)C)CC3)n2)cc1OC. The third kappa shape index (κ3) is 5.25. The predicted molar refractivity (Wildman–Crippen MR) is 126 cm³/mol. The number of halogens is 1. The maximum absolute atomic E-state index is 13.8. The topological polar surface area (TPSA) is 60.6 Å². The van der Waals surface area contributed by atoms with Crippen LogP contribution in [0, 0.1) is 11.7 Å². The highest BCUT2D eigenvalue weighted by molar-refractivity contribution is 5.61. The molecule has 0 spiro atoms. The number of methoxy groups -OCH3 is 2. The van der Waals surface area contributed by atoms with Gasteiger partial charge in [0.1, 0.15) is 5.82 Å². The van der Waals surface area contributed by atoms with E-state index in [-0.39, 0.29) is 11.9 Å². The van der Waals surface area contributed by atoms with Gasteiger partial charge in [0.05, 0.1) is 14.2 Å². The number of rotatable bonds is 7. The Morgan fingerprint density at radius 3 is 2.48 bits per heavy atom. The molecule has 1 fully saturated rings. The van der Waals surface area contributed by atoms with Crippen LogP contribution in [-0.2, 0) is 0 Å². The molecule has 0 saturated heterocycles. The first-order chi connectivity index (χ1) is 16.0. The van der Waals surface area contributed by atoms with Gasteiger partial charge < -0.3 is 18.9 Å². The molecule has 4 rings (SSSR count). The predicted octanol–water partition coefficient (Wildman–Crippen LogP) is 5.77. The zero-order chi connectivity index (χ0) is 23.4. The first kappa shape index (κ1) is 23.0. The van der Waals surface area contributed by atoms with Gasteiger partial charge in [0.2, 0.25) is 5.82 Å². The van der Waals surface area contributed by atoms with Crippen molar-refractivity contribution < 1.29 is 18.4 Å². The Labute approximate surface area is 194 Å². The van der Waals surface area contributed by atoms with Gasteiger partial charge in [0.15, 0.2) is 11.5 Å². The average molecular weight is 452 g/mol. The van der Waals surface area contributed by atoms with Crippen molar-refractivity contribution in [1.29, 1.82) is 0 Å². The van der Waals surface area contributed by atoms with Crippen LogP contribution in [0.5, 0.6) is 11.5 Å². The van der Waals surface area contributed by atoms with Gasteiger partial charge in [-0.25, -0.2) is 4.39 Å². The Morgan fingerprint density at radius 1 is 1.06 bits per heavy atom. The zero-order valence-corrected chi connectivity index (χ0v) is 19.5. The summed E-state index contributed by atoms with van der Waals surface area (Å²) >= 11 is 0. The van der Waals surface area contributed by atoms with Crippen molar-refractivity contribution in [3.63, 3.8) is 0 Å². The second-order valence-corrected chi connectivity index (χ2v) is 8.63. The summed E-state index contributed by atoms with van der Waals surface area (Å²) in [7, 11) is 7.33. The van der Waals surface area contributed by atoms with Gasteiger partial charge in [-0.3, -0.25) is 0 Å². The van der Waals surface area contributed by atoms with Crippen LogP contribution in [0.15, 0.2) is 52.6 Å². The van der Waals surface area contributed by atoms with Crippen LogP contribution in [0.4, 0.5) is 4.39 Å². The third-order valence-electron chi connectivity index (χ3n) is 6.28. The quantitative estimate of drug-likeness (QED) is 0.455. The number of ether oxygens (including phenoxy) is 2. The molecular weight excluding hydrogens is 421 g/mol. The Hall–Kier alpha value is -3.19. The minimum atomic E-state index is -0.183. The molecule has 174 valence electrons. The van der Waals surface area contributed by atoms with Gasteiger partial charge in [-0.1, -0.05) is 22.9 Å². The fourth-order valence-electron chi connectivity index (χ4n) is 4.71. The van der Waals surface area contributed by atoms with E-state index < -0.39 is 0 Å². The normalized spacial score (nSPS) is 17.2. The summed E-state index contributed by atoms with van der Waals surface area (Å²) in [6.45, 7) is 0. The smallest absolute Gasteiger partial charge is 0.250 e. The van der Waals surface area contributed by atoms with Crippen molar-refractivity contribution in [1.82, 2.24) is 15.0 Å². The van der Waals surface area contributed by atoms with E-state index in [1.54, 1.807) is 26.4 Å². The van der Waals surface area contributed by atoms with E-state index in [1.807, 2.05) is 30.3 Å². The van der Waals surface area contributed by atoms with Crippen molar-refractivity contribution >= 4 is 6.08 Å². The molecule has 1 unspecified atom stereocenters. The van der Waals surface area contributed by atoms with Gasteiger partial charge in [0.25, 0.3) is 5.89 Å². The molecular formula is C26H30FN3O3. The first-order valence-electron chi connectivity index (χ1n) is 11.2. The van der Waals surface area contributed by atoms with Crippen LogP contribution in [0.1, 0.15) is 43.2 Å². The first-order valence-corrected chi connectivity index (χ1v) is 11.2. The molecule has 6 nitrogen and oxygen atoms in total. The van der Waals surface area contributed by atoms with Crippen LogP contribution in [-0.4, -0.2) is 43.4 Å². The molecule has 0 radical (unpaired) electrons. The maximum atomic E-state index is 13.8. The molecule has 0 N–H and O–H groups in total. The highest BCUT2D eigenvalue weighted by Gasteiger charge is 2.28. The Morgan fingerprint density at radius 2 is 1.82 bits per heavy atom. The van der Waals surface area contributed by atoms with E-state index in [2.05, 4.69) is 29.1 Å². The number of allylic oxidation sites excluding steroid dienone is 1. The molecule has 0 amide bonds. The zero-order valence-electron chi connectivity index (χ0n) is 19.5. The van der Waals surface area contributed by atoms with Crippen LogP contribution in [0.3, 0.4) is 0 Å². The van der Waals surface area contributed by atoms with Crippen molar-refractivity contribution in [2.45, 2.75) is 31.7 Å². The van der Waals surface area contributed by atoms with Gasteiger partial charge >= 0.3 is 0 Å². The van der Waals surface area contributed by atoms with E-state index in [0.29, 0.717) is 29.1 Å². The van der Waals surface area contributed by atoms with Crippen molar-refractivity contribution in [3.8, 4) is 22.9 Å². The highest BCUT2D eigenvalue weighted by Crippen LogP contribution is 2.40. The van der Waals surface area contributed by atoms with Gasteiger partial charge in [0, 0.05) is 17.7 Å². The van der Waals surface area contributed by atoms with Crippen molar-refractivity contribution in [3.05, 3.63) is 65.3 Å². The summed E-state index contributed by atoms with van der Waals surface area (Å²) < 4.78 is 29.9. The molecule has 3 aromatic rings. The van der Waals surface area contributed by atoms with Gasteiger partial charge in [-0.2, -0.15) is 4.98 Å². The fraction of sp³-hybridized carbons (Fsp3) is 0.385. The summed E-state index contributed by atoms with van der Waals surface area (Å²) in [6.07, 6.45) is 5.97. The molecule has 1 aliphatic carbocycles. The van der Waals surface area contributed by atoms with Gasteiger partial charge in [-0.15, -0.1) is 0 Å². The molecule has 0 bridgehead atoms. The third-order valence-corrected chi connectivity index (χ3v) is 6.28. The second-order valence-electron chi connectivity index (χ2n) is 8.63. The Balaban J connectivity index is 1.45. The molecule has 1 atom stereocenters. The lowest BCUT2D eigenvalue weighted by molar-refractivity contribution is 0.183. The lowest BCUT2D eigenvalue weighted by atomic mass is 9.78. The van der Waals surface area contributed by atoms with E-state index in [1.165, 1.54) is 11.6 Å². The fourth-order valence-corrected chi connectivity index (χ4v) is 4.71. The molecule has 0 aliphatic heterocycles. The molecule has 1 aliphatic rings. The average Bonchev–Trinajstić information content (AvgIpc) is 3.28. The standard InChI is InChI=1S/C26H30FN3O3/c1-30(2)25(19-6-5-7-21(27)15-19)18-10-8-17(9-11-18)14-24-28-26(29-33-24)20-12-13-22(31-3)23(16-20)32-4/h5-7,12-16,18,25H,8-11H2,1-4H3. The molecule has 1 heterocycles. The Kier molecular flexibility index (Phi) is 7.08. The van der Waals surface area contributed by atoms with E-state index in [4.69, 9.17) is 14.0 Å². The second kappa shape index (κ2) is 10.2. The molecule has 2 aromatic carbocycles. The van der Waals surface area contributed by atoms with Crippen LogP contribution in [0.2, 0.25) is 0 Å². The number of hydrogen-bond donors (Lipinski definition) is 0. The lowest BCUT2D eigenvalue weighted by Crippen LogP contribution is -2.29. The van der Waals surface area contributed by atoms with Crippen LogP contribution in [0.25, 0.3) is 17.5 Å². The molecule has 33 heavy (non-hydrogen) atoms. The summed E-state index contributed by atoms with van der Waals surface area (Å²) in [5.41, 5.74) is 3.13. The summed E-state index contributed by atoms with van der Waals surface area (Å²) in [4.78, 5) is 6.74. The minimum Gasteiger partial charge on any atom is -0.493 e.